The van der Waals surface area contributed by atoms with E-state index in [1.54, 1.807) is 37.3 Å². The standard InChI is InChI=1S/C22H22BrClN4O3/c1-4-13(3)25-21(30)22(31)27-28-18-8-6-16(24)10-14(18)11-19(28)20(29)26-17-7-5-15(23)9-12(17)2/h5-11,13H,4H2,1-3H3,(H,25,30)(H,26,29)(H,27,31)/t13-/m1/s1. The zero-order chi connectivity index (χ0) is 22.7. The molecule has 1 heterocycles. The first-order valence-corrected chi connectivity index (χ1v) is 10.9. The molecule has 7 nitrogen and oxygen atoms in total. The van der Waals surface area contributed by atoms with E-state index in [-0.39, 0.29) is 11.7 Å². The van der Waals surface area contributed by atoms with Crippen molar-refractivity contribution in [2.45, 2.75) is 33.2 Å². The first kappa shape index (κ1) is 22.8. The fourth-order valence-corrected chi connectivity index (χ4v) is 3.63. The summed E-state index contributed by atoms with van der Waals surface area (Å²) in [5.74, 6) is -2.10. The summed E-state index contributed by atoms with van der Waals surface area (Å²) >= 11 is 9.49. The number of hydrogen-bond acceptors (Lipinski definition) is 3. The van der Waals surface area contributed by atoms with Crippen LogP contribution in [0.25, 0.3) is 10.9 Å². The number of nitrogens with zero attached hydrogens (tertiary/aromatic N) is 1. The minimum absolute atomic E-state index is 0.151. The second-order valence-corrected chi connectivity index (χ2v) is 8.56. The van der Waals surface area contributed by atoms with Crippen LogP contribution in [0.5, 0.6) is 0 Å². The van der Waals surface area contributed by atoms with Gasteiger partial charge in [0.15, 0.2) is 0 Å². The van der Waals surface area contributed by atoms with E-state index in [0.717, 1.165) is 10.0 Å². The topological polar surface area (TPSA) is 92.2 Å². The molecule has 0 aliphatic rings. The number of aryl methyl sites for hydroxylation is 1. The Hall–Kier alpha value is -2.84. The fourth-order valence-electron chi connectivity index (χ4n) is 2.97. The number of carbonyl (C=O) groups excluding carboxylic acids is 3. The van der Waals surface area contributed by atoms with Gasteiger partial charge in [-0.2, -0.15) is 0 Å². The molecule has 1 aromatic heterocycles. The maximum Gasteiger partial charge on any atom is 0.328 e. The van der Waals surface area contributed by atoms with Crippen LogP contribution in [-0.2, 0) is 9.59 Å². The van der Waals surface area contributed by atoms with Crippen LogP contribution in [-0.4, -0.2) is 28.4 Å². The molecule has 0 saturated carbocycles. The normalized spacial score (nSPS) is 11.8. The van der Waals surface area contributed by atoms with Gasteiger partial charge in [0.05, 0.1) is 5.52 Å². The number of aromatic nitrogens is 1. The largest absolute Gasteiger partial charge is 0.345 e. The summed E-state index contributed by atoms with van der Waals surface area (Å²) in [4.78, 5) is 37.8. The van der Waals surface area contributed by atoms with E-state index < -0.39 is 17.7 Å². The average molecular weight is 506 g/mol. The van der Waals surface area contributed by atoms with Crippen LogP contribution in [0.15, 0.2) is 46.9 Å². The van der Waals surface area contributed by atoms with Gasteiger partial charge < -0.3 is 10.6 Å². The first-order chi connectivity index (χ1) is 14.7. The molecule has 3 rings (SSSR count). The Morgan fingerprint density at radius 2 is 1.84 bits per heavy atom. The SMILES string of the molecule is CC[C@@H](C)NC(=O)C(=O)Nn1c(C(=O)Nc2ccc(Br)cc2C)cc2cc(Cl)ccc21. The molecule has 0 saturated heterocycles. The van der Waals surface area contributed by atoms with Gasteiger partial charge >= 0.3 is 11.8 Å². The maximum absolute atomic E-state index is 13.1. The second kappa shape index (κ2) is 9.53. The van der Waals surface area contributed by atoms with E-state index in [1.165, 1.54) is 4.68 Å². The molecule has 9 heteroatoms. The quantitative estimate of drug-likeness (QED) is 0.442. The van der Waals surface area contributed by atoms with Gasteiger partial charge in [0.25, 0.3) is 5.91 Å². The van der Waals surface area contributed by atoms with Crippen molar-refractivity contribution in [1.82, 2.24) is 9.99 Å². The lowest BCUT2D eigenvalue weighted by molar-refractivity contribution is -0.137. The summed E-state index contributed by atoms with van der Waals surface area (Å²) in [6.45, 7) is 5.58. The molecular formula is C22H22BrClN4O3. The highest BCUT2D eigenvalue weighted by Crippen LogP contribution is 2.25. The Kier molecular flexibility index (Phi) is 7.02. The molecule has 3 amide bonds. The van der Waals surface area contributed by atoms with Gasteiger partial charge in [-0.15, -0.1) is 0 Å². The van der Waals surface area contributed by atoms with Gasteiger partial charge in [-0.05, 0) is 68.3 Å². The number of carbonyl (C=O) groups is 3. The fraction of sp³-hybridized carbons (Fsp3) is 0.227. The van der Waals surface area contributed by atoms with Gasteiger partial charge in [0, 0.05) is 26.6 Å². The van der Waals surface area contributed by atoms with Crippen LogP contribution in [0, 0.1) is 6.92 Å². The van der Waals surface area contributed by atoms with Gasteiger partial charge in [-0.25, -0.2) is 4.68 Å². The lowest BCUT2D eigenvalue weighted by Gasteiger charge is -2.15. The van der Waals surface area contributed by atoms with E-state index in [0.29, 0.717) is 28.0 Å². The van der Waals surface area contributed by atoms with Crippen LogP contribution >= 0.6 is 27.5 Å². The van der Waals surface area contributed by atoms with Crippen molar-refractivity contribution in [3.63, 3.8) is 0 Å². The molecule has 0 bridgehead atoms. The molecule has 162 valence electrons. The highest BCUT2D eigenvalue weighted by molar-refractivity contribution is 9.10. The van der Waals surface area contributed by atoms with E-state index in [1.807, 2.05) is 26.0 Å². The van der Waals surface area contributed by atoms with Crippen LogP contribution in [0.1, 0.15) is 36.3 Å². The summed E-state index contributed by atoms with van der Waals surface area (Å²) in [5.41, 5.74) is 4.71. The molecule has 0 spiro atoms. The predicted octanol–water partition coefficient (Wildman–Crippen LogP) is 4.60. The van der Waals surface area contributed by atoms with Crippen molar-refractivity contribution >= 4 is 61.8 Å². The van der Waals surface area contributed by atoms with E-state index in [4.69, 9.17) is 11.6 Å². The van der Waals surface area contributed by atoms with E-state index in [2.05, 4.69) is 32.0 Å². The van der Waals surface area contributed by atoms with Crippen LogP contribution < -0.4 is 16.1 Å². The summed E-state index contributed by atoms with van der Waals surface area (Å²) in [6, 6.07) is 11.9. The molecule has 0 fully saturated rings. The van der Waals surface area contributed by atoms with E-state index in [9.17, 15) is 14.4 Å². The highest BCUT2D eigenvalue weighted by Gasteiger charge is 2.22. The lowest BCUT2D eigenvalue weighted by atomic mass is 10.2. The van der Waals surface area contributed by atoms with E-state index >= 15 is 0 Å². The molecule has 2 aromatic carbocycles. The average Bonchev–Trinajstić information content (AvgIpc) is 3.07. The van der Waals surface area contributed by atoms with Crippen molar-refractivity contribution < 1.29 is 14.4 Å². The number of fused-ring (bicyclic) bond motifs is 1. The summed E-state index contributed by atoms with van der Waals surface area (Å²) in [7, 11) is 0. The summed E-state index contributed by atoms with van der Waals surface area (Å²) < 4.78 is 2.19. The number of amides is 3. The Balaban J connectivity index is 1.95. The monoisotopic (exact) mass is 504 g/mol. The number of rotatable bonds is 5. The molecule has 3 aromatic rings. The number of anilines is 1. The van der Waals surface area contributed by atoms with Crippen molar-refractivity contribution in [3.8, 4) is 0 Å². The molecule has 0 aliphatic carbocycles. The molecule has 1 atom stereocenters. The zero-order valence-corrected chi connectivity index (χ0v) is 19.6. The maximum atomic E-state index is 13.1. The van der Waals surface area contributed by atoms with Crippen molar-refractivity contribution in [3.05, 3.63) is 63.2 Å². The highest BCUT2D eigenvalue weighted by atomic mass is 79.9. The van der Waals surface area contributed by atoms with Crippen LogP contribution in [0.3, 0.4) is 0 Å². The van der Waals surface area contributed by atoms with Crippen LogP contribution in [0.4, 0.5) is 5.69 Å². The summed E-state index contributed by atoms with van der Waals surface area (Å²) in [6.07, 6.45) is 0.685. The van der Waals surface area contributed by atoms with Crippen molar-refractivity contribution in [2.24, 2.45) is 0 Å². The minimum atomic E-state index is -0.873. The van der Waals surface area contributed by atoms with Gasteiger partial charge in [-0.3, -0.25) is 19.8 Å². The smallest absolute Gasteiger partial charge is 0.328 e. The number of halogens is 2. The number of nitrogens with one attached hydrogen (secondary N) is 3. The third kappa shape index (κ3) is 5.26. The molecule has 31 heavy (non-hydrogen) atoms. The predicted molar refractivity (Wildman–Crippen MR) is 126 cm³/mol. The van der Waals surface area contributed by atoms with Crippen molar-refractivity contribution in [1.29, 1.82) is 0 Å². The zero-order valence-electron chi connectivity index (χ0n) is 17.3. The Morgan fingerprint density at radius 3 is 2.52 bits per heavy atom. The molecule has 0 aliphatic heterocycles. The van der Waals surface area contributed by atoms with Gasteiger partial charge in [0.2, 0.25) is 0 Å². The van der Waals surface area contributed by atoms with Gasteiger partial charge in [-0.1, -0.05) is 34.5 Å². The minimum Gasteiger partial charge on any atom is -0.345 e. The second-order valence-electron chi connectivity index (χ2n) is 7.21. The molecule has 0 unspecified atom stereocenters. The Bertz CT molecular complexity index is 1180. The number of hydrogen-bond donors (Lipinski definition) is 3. The van der Waals surface area contributed by atoms with Crippen molar-refractivity contribution in [2.75, 3.05) is 10.7 Å². The molecular weight excluding hydrogens is 484 g/mol. The Labute approximate surface area is 193 Å². The first-order valence-electron chi connectivity index (χ1n) is 9.70. The third-order valence-electron chi connectivity index (χ3n) is 4.84. The lowest BCUT2D eigenvalue weighted by Crippen LogP contribution is -2.43. The van der Waals surface area contributed by atoms with Crippen LogP contribution in [0.2, 0.25) is 5.02 Å². The number of benzene rings is 2. The summed E-state index contributed by atoms with van der Waals surface area (Å²) in [5, 5.41) is 6.59. The third-order valence-corrected chi connectivity index (χ3v) is 5.57. The molecule has 3 N–H and O–H groups in total. The molecule has 0 radical (unpaired) electrons. The Morgan fingerprint density at radius 1 is 1.10 bits per heavy atom. The van der Waals surface area contributed by atoms with Gasteiger partial charge in [0.1, 0.15) is 5.69 Å².